The highest BCUT2D eigenvalue weighted by molar-refractivity contribution is 5.54. The first-order valence-electron chi connectivity index (χ1n) is 8.09. The Morgan fingerprint density at radius 3 is 2.48 bits per heavy atom. The van der Waals surface area contributed by atoms with Gasteiger partial charge >= 0.3 is 0 Å². The first-order valence-corrected chi connectivity index (χ1v) is 8.09. The Bertz CT molecular complexity index is 717. The molecule has 4 heterocycles. The normalized spacial score (nSPS) is 29.8. The molecule has 2 aliphatic rings. The number of aromatic nitrogens is 3. The molecular formula is C18H22N4O. The Hall–Kier alpha value is -2.01. The van der Waals surface area contributed by atoms with Gasteiger partial charge in [0.25, 0.3) is 0 Å². The third-order valence-corrected chi connectivity index (χ3v) is 5.44. The monoisotopic (exact) mass is 310 g/mol. The van der Waals surface area contributed by atoms with Gasteiger partial charge in [0.05, 0.1) is 13.2 Å². The summed E-state index contributed by atoms with van der Waals surface area (Å²) in [5, 5.41) is 0. The molecule has 2 aliphatic heterocycles. The molecule has 0 bridgehead atoms. The molecule has 2 aromatic rings. The van der Waals surface area contributed by atoms with Gasteiger partial charge in [-0.3, -0.25) is 4.98 Å². The largest absolute Gasteiger partial charge is 0.380 e. The van der Waals surface area contributed by atoms with Crippen LogP contribution in [0.4, 0.5) is 5.82 Å². The summed E-state index contributed by atoms with van der Waals surface area (Å²) in [7, 11) is 0. The smallest absolute Gasteiger partial charge is 0.180 e. The summed E-state index contributed by atoms with van der Waals surface area (Å²) in [6.07, 6.45) is 1.78. The molecule has 2 fully saturated rings. The van der Waals surface area contributed by atoms with Crippen LogP contribution in [0.1, 0.15) is 19.5 Å². The van der Waals surface area contributed by atoms with E-state index >= 15 is 0 Å². The number of ether oxygens (including phenoxy) is 1. The molecule has 5 heteroatoms. The molecule has 23 heavy (non-hydrogen) atoms. The number of aryl methyl sites for hydroxylation is 1. The second-order valence-electron chi connectivity index (χ2n) is 7.38. The summed E-state index contributed by atoms with van der Waals surface area (Å²) >= 11 is 0. The Labute approximate surface area is 136 Å². The first-order chi connectivity index (χ1) is 11.0. The number of anilines is 1. The lowest BCUT2D eigenvalue weighted by Gasteiger charge is -2.29. The average molecular weight is 310 g/mol. The van der Waals surface area contributed by atoms with Crippen LogP contribution >= 0.6 is 0 Å². The van der Waals surface area contributed by atoms with Gasteiger partial charge in [-0.25, -0.2) is 9.97 Å². The predicted octanol–water partition coefficient (Wildman–Crippen LogP) is 2.71. The summed E-state index contributed by atoms with van der Waals surface area (Å²) in [6, 6.07) is 7.89. The van der Waals surface area contributed by atoms with Gasteiger partial charge in [0.15, 0.2) is 5.82 Å². The predicted molar refractivity (Wildman–Crippen MR) is 89.2 cm³/mol. The van der Waals surface area contributed by atoms with Crippen molar-refractivity contribution in [3.8, 4) is 11.5 Å². The van der Waals surface area contributed by atoms with Gasteiger partial charge in [-0.15, -0.1) is 0 Å². The minimum atomic E-state index is 0.191. The van der Waals surface area contributed by atoms with Gasteiger partial charge in [0.2, 0.25) is 0 Å². The van der Waals surface area contributed by atoms with Crippen molar-refractivity contribution in [2.45, 2.75) is 20.8 Å². The van der Waals surface area contributed by atoms with E-state index in [1.54, 1.807) is 6.20 Å². The molecule has 5 nitrogen and oxygen atoms in total. The molecule has 0 N–H and O–H groups in total. The van der Waals surface area contributed by atoms with Crippen molar-refractivity contribution in [2.75, 3.05) is 31.2 Å². The van der Waals surface area contributed by atoms with E-state index in [1.807, 2.05) is 25.1 Å². The minimum absolute atomic E-state index is 0.191. The topological polar surface area (TPSA) is 51.1 Å². The number of hydrogen-bond acceptors (Lipinski definition) is 5. The standard InChI is InChI=1S/C18H22N4O/c1-13-8-15(21-16(20-13)14-6-4-5-7-19-14)22-9-17(2)11-23-12-18(17,3)10-22/h4-8H,9-12H2,1-3H3/t17-,18+. The summed E-state index contributed by atoms with van der Waals surface area (Å²) in [5.74, 6) is 1.69. The summed E-state index contributed by atoms with van der Waals surface area (Å²) in [4.78, 5) is 16.1. The van der Waals surface area contributed by atoms with Crippen molar-refractivity contribution in [1.29, 1.82) is 0 Å². The Morgan fingerprint density at radius 1 is 1.09 bits per heavy atom. The van der Waals surface area contributed by atoms with Crippen LogP contribution in [0, 0.1) is 17.8 Å². The highest BCUT2D eigenvalue weighted by atomic mass is 16.5. The number of nitrogens with zero attached hydrogens (tertiary/aromatic N) is 4. The second-order valence-corrected chi connectivity index (χ2v) is 7.38. The lowest BCUT2D eigenvalue weighted by Crippen LogP contribution is -2.34. The average Bonchev–Trinajstić information content (AvgIpc) is 2.95. The van der Waals surface area contributed by atoms with E-state index in [4.69, 9.17) is 9.72 Å². The molecule has 0 amide bonds. The van der Waals surface area contributed by atoms with E-state index < -0.39 is 0 Å². The Balaban J connectivity index is 1.70. The highest BCUT2D eigenvalue weighted by Gasteiger charge is 2.56. The Kier molecular flexibility index (Phi) is 3.17. The second kappa shape index (κ2) is 4.99. The maximum Gasteiger partial charge on any atom is 0.180 e. The highest BCUT2D eigenvalue weighted by Crippen LogP contribution is 2.51. The zero-order valence-corrected chi connectivity index (χ0v) is 13.9. The van der Waals surface area contributed by atoms with E-state index in [2.05, 4.69) is 34.8 Å². The number of pyridine rings is 1. The molecule has 0 unspecified atom stereocenters. The van der Waals surface area contributed by atoms with Crippen molar-refractivity contribution < 1.29 is 4.74 Å². The van der Waals surface area contributed by atoms with Crippen LogP contribution in [0.25, 0.3) is 11.5 Å². The third kappa shape index (κ3) is 2.30. The molecule has 2 atom stereocenters. The van der Waals surface area contributed by atoms with Crippen LogP contribution in [0.2, 0.25) is 0 Å². The zero-order chi connectivity index (χ0) is 16.1. The number of hydrogen-bond donors (Lipinski definition) is 0. The van der Waals surface area contributed by atoms with Gasteiger partial charge in [-0.2, -0.15) is 0 Å². The van der Waals surface area contributed by atoms with Gasteiger partial charge in [-0.05, 0) is 19.1 Å². The molecule has 0 spiro atoms. The molecule has 120 valence electrons. The molecular weight excluding hydrogens is 288 g/mol. The van der Waals surface area contributed by atoms with E-state index in [-0.39, 0.29) is 10.8 Å². The van der Waals surface area contributed by atoms with Crippen LogP contribution in [0.5, 0.6) is 0 Å². The molecule has 4 rings (SSSR count). The van der Waals surface area contributed by atoms with E-state index in [0.29, 0.717) is 5.82 Å². The maximum atomic E-state index is 5.75. The van der Waals surface area contributed by atoms with Crippen molar-refractivity contribution in [3.05, 3.63) is 36.2 Å². The molecule has 0 saturated carbocycles. The number of rotatable bonds is 2. The summed E-state index contributed by atoms with van der Waals surface area (Å²) in [5.41, 5.74) is 2.17. The van der Waals surface area contributed by atoms with Crippen LogP contribution in [-0.2, 0) is 4.74 Å². The van der Waals surface area contributed by atoms with E-state index in [0.717, 1.165) is 43.5 Å². The summed E-state index contributed by atoms with van der Waals surface area (Å²) in [6.45, 7) is 10.3. The van der Waals surface area contributed by atoms with E-state index in [9.17, 15) is 0 Å². The quantitative estimate of drug-likeness (QED) is 0.853. The van der Waals surface area contributed by atoms with Gasteiger partial charge in [0.1, 0.15) is 11.5 Å². The lowest BCUT2D eigenvalue weighted by atomic mass is 9.71. The van der Waals surface area contributed by atoms with Crippen LogP contribution in [0.15, 0.2) is 30.5 Å². The van der Waals surface area contributed by atoms with E-state index in [1.165, 1.54) is 0 Å². The molecule has 2 saturated heterocycles. The molecule has 0 aromatic carbocycles. The Morgan fingerprint density at radius 2 is 1.83 bits per heavy atom. The maximum absolute atomic E-state index is 5.75. The van der Waals surface area contributed by atoms with Gasteiger partial charge in [0, 0.05) is 41.9 Å². The fourth-order valence-electron chi connectivity index (χ4n) is 3.71. The van der Waals surface area contributed by atoms with Crippen molar-refractivity contribution in [1.82, 2.24) is 15.0 Å². The fourth-order valence-corrected chi connectivity index (χ4v) is 3.71. The molecule has 2 aromatic heterocycles. The van der Waals surface area contributed by atoms with Crippen molar-refractivity contribution in [2.24, 2.45) is 10.8 Å². The fraction of sp³-hybridized carbons (Fsp3) is 0.500. The number of fused-ring (bicyclic) bond motifs is 1. The van der Waals surface area contributed by atoms with Gasteiger partial charge in [-0.1, -0.05) is 19.9 Å². The summed E-state index contributed by atoms with van der Waals surface area (Å²) < 4.78 is 5.75. The first kappa shape index (κ1) is 14.6. The third-order valence-electron chi connectivity index (χ3n) is 5.44. The minimum Gasteiger partial charge on any atom is -0.380 e. The molecule has 0 radical (unpaired) electrons. The van der Waals surface area contributed by atoms with Crippen molar-refractivity contribution in [3.63, 3.8) is 0 Å². The lowest BCUT2D eigenvalue weighted by molar-refractivity contribution is 0.158. The van der Waals surface area contributed by atoms with Crippen LogP contribution in [-0.4, -0.2) is 41.3 Å². The van der Waals surface area contributed by atoms with Gasteiger partial charge < -0.3 is 9.64 Å². The van der Waals surface area contributed by atoms with Crippen LogP contribution in [0.3, 0.4) is 0 Å². The van der Waals surface area contributed by atoms with Crippen LogP contribution < -0.4 is 4.90 Å². The molecule has 0 aliphatic carbocycles. The zero-order valence-electron chi connectivity index (χ0n) is 13.9. The van der Waals surface area contributed by atoms with Crippen molar-refractivity contribution >= 4 is 5.82 Å². The SMILES string of the molecule is Cc1cc(N2C[C@]3(C)COC[C@]3(C)C2)nc(-c2ccccn2)n1.